The minimum absolute atomic E-state index is 0.248. The van der Waals surface area contributed by atoms with Crippen LogP contribution in [0.15, 0.2) is 42.5 Å². The number of hydrogen-bond acceptors (Lipinski definition) is 3. The molecule has 0 spiro atoms. The second-order valence-corrected chi connectivity index (χ2v) is 7.27. The standard InChI is InChI=1S/C21H25NO3/c1-21(2,3)25-20(23)22-13-11-15(12-14-22)16-9-10-19(24-4)18-8-6-5-7-17(16)18/h5-11H,12-14H2,1-4H3. The number of nitrogens with zero attached hydrogens (tertiary/aromatic N) is 1. The van der Waals surface area contributed by atoms with Crippen LogP contribution in [0.25, 0.3) is 16.3 Å². The van der Waals surface area contributed by atoms with Gasteiger partial charge in [0.1, 0.15) is 11.4 Å². The molecule has 132 valence electrons. The van der Waals surface area contributed by atoms with E-state index in [1.807, 2.05) is 39.0 Å². The van der Waals surface area contributed by atoms with Crippen molar-refractivity contribution < 1.29 is 14.3 Å². The van der Waals surface area contributed by atoms with Crippen LogP contribution < -0.4 is 4.74 Å². The Morgan fingerprint density at radius 1 is 1.08 bits per heavy atom. The number of ether oxygens (including phenoxy) is 2. The van der Waals surface area contributed by atoms with Crippen molar-refractivity contribution in [3.05, 3.63) is 48.0 Å². The lowest BCUT2D eigenvalue weighted by Crippen LogP contribution is -2.39. The number of carbonyl (C=O) groups is 1. The second kappa shape index (κ2) is 6.79. The van der Waals surface area contributed by atoms with Crippen molar-refractivity contribution in [2.24, 2.45) is 0 Å². The average Bonchev–Trinajstić information content (AvgIpc) is 2.59. The molecule has 0 atom stereocenters. The van der Waals surface area contributed by atoms with E-state index < -0.39 is 5.60 Å². The molecule has 0 aromatic heterocycles. The second-order valence-electron chi connectivity index (χ2n) is 7.27. The van der Waals surface area contributed by atoms with Crippen LogP contribution >= 0.6 is 0 Å². The van der Waals surface area contributed by atoms with Crippen LogP contribution in [0.1, 0.15) is 32.8 Å². The summed E-state index contributed by atoms with van der Waals surface area (Å²) in [7, 11) is 1.69. The van der Waals surface area contributed by atoms with Gasteiger partial charge in [-0.3, -0.25) is 0 Å². The Morgan fingerprint density at radius 3 is 2.40 bits per heavy atom. The van der Waals surface area contributed by atoms with Crippen molar-refractivity contribution in [1.82, 2.24) is 4.90 Å². The van der Waals surface area contributed by atoms with Gasteiger partial charge < -0.3 is 14.4 Å². The highest BCUT2D eigenvalue weighted by Gasteiger charge is 2.24. The molecule has 0 N–H and O–H groups in total. The smallest absolute Gasteiger partial charge is 0.410 e. The fourth-order valence-corrected chi connectivity index (χ4v) is 3.14. The van der Waals surface area contributed by atoms with E-state index in [9.17, 15) is 4.79 Å². The molecule has 3 rings (SSSR count). The van der Waals surface area contributed by atoms with Crippen molar-refractivity contribution in [3.8, 4) is 5.75 Å². The molecule has 0 saturated heterocycles. The first-order valence-electron chi connectivity index (χ1n) is 8.62. The summed E-state index contributed by atoms with van der Waals surface area (Å²) in [6.45, 7) is 6.91. The molecule has 2 aromatic carbocycles. The number of amides is 1. The minimum atomic E-state index is -0.465. The summed E-state index contributed by atoms with van der Waals surface area (Å²) in [5.74, 6) is 0.881. The Bertz CT molecular complexity index is 817. The Kier molecular flexibility index (Phi) is 4.71. The monoisotopic (exact) mass is 339 g/mol. The lowest BCUT2D eigenvalue weighted by molar-refractivity contribution is 0.0270. The molecular weight excluding hydrogens is 314 g/mol. The van der Waals surface area contributed by atoms with Crippen molar-refractivity contribution in [1.29, 1.82) is 0 Å². The summed E-state index contributed by atoms with van der Waals surface area (Å²) < 4.78 is 10.9. The highest BCUT2D eigenvalue weighted by molar-refractivity contribution is 5.97. The van der Waals surface area contributed by atoms with E-state index in [0.29, 0.717) is 13.1 Å². The topological polar surface area (TPSA) is 38.8 Å². The zero-order valence-corrected chi connectivity index (χ0v) is 15.3. The fourth-order valence-electron chi connectivity index (χ4n) is 3.14. The van der Waals surface area contributed by atoms with E-state index in [2.05, 4.69) is 24.3 Å². The number of carbonyl (C=O) groups excluding carboxylic acids is 1. The van der Waals surface area contributed by atoms with E-state index in [4.69, 9.17) is 9.47 Å². The Labute approximate surface area is 149 Å². The first kappa shape index (κ1) is 17.3. The van der Waals surface area contributed by atoms with Crippen LogP contribution in [0.4, 0.5) is 4.79 Å². The van der Waals surface area contributed by atoms with Gasteiger partial charge in [0.05, 0.1) is 7.11 Å². The van der Waals surface area contributed by atoms with Crippen LogP contribution in [-0.4, -0.2) is 36.8 Å². The number of methoxy groups -OCH3 is 1. The molecule has 0 saturated carbocycles. The largest absolute Gasteiger partial charge is 0.496 e. The molecule has 0 aliphatic carbocycles. The van der Waals surface area contributed by atoms with Gasteiger partial charge in [-0.1, -0.05) is 36.4 Å². The lowest BCUT2D eigenvalue weighted by Gasteiger charge is -2.30. The molecule has 1 aliphatic rings. The highest BCUT2D eigenvalue weighted by Crippen LogP contribution is 2.34. The van der Waals surface area contributed by atoms with Gasteiger partial charge >= 0.3 is 6.09 Å². The quantitative estimate of drug-likeness (QED) is 0.783. The molecule has 0 unspecified atom stereocenters. The van der Waals surface area contributed by atoms with Gasteiger partial charge in [-0.15, -0.1) is 0 Å². The molecule has 4 nitrogen and oxygen atoms in total. The SMILES string of the molecule is COc1ccc(C2=CCN(C(=O)OC(C)(C)C)CC2)c2ccccc12. The van der Waals surface area contributed by atoms with Crippen molar-refractivity contribution in [2.45, 2.75) is 32.8 Å². The minimum Gasteiger partial charge on any atom is -0.496 e. The summed E-state index contributed by atoms with van der Waals surface area (Å²) in [5.41, 5.74) is 2.01. The van der Waals surface area contributed by atoms with Crippen LogP contribution in [0, 0.1) is 0 Å². The summed E-state index contributed by atoms with van der Waals surface area (Å²) in [4.78, 5) is 14.0. The number of hydrogen-bond donors (Lipinski definition) is 0. The van der Waals surface area contributed by atoms with Crippen LogP contribution in [0.2, 0.25) is 0 Å². The van der Waals surface area contributed by atoms with E-state index >= 15 is 0 Å². The summed E-state index contributed by atoms with van der Waals surface area (Å²) >= 11 is 0. The molecule has 0 fully saturated rings. The van der Waals surface area contributed by atoms with E-state index in [1.54, 1.807) is 12.0 Å². The van der Waals surface area contributed by atoms with E-state index in [-0.39, 0.29) is 6.09 Å². The van der Waals surface area contributed by atoms with Gasteiger partial charge in [-0.05, 0) is 49.8 Å². The predicted molar refractivity (Wildman–Crippen MR) is 101 cm³/mol. The Balaban J connectivity index is 1.85. The molecule has 0 radical (unpaired) electrons. The summed E-state index contributed by atoms with van der Waals surface area (Å²) in [5, 5.41) is 2.29. The van der Waals surface area contributed by atoms with Crippen LogP contribution in [0.5, 0.6) is 5.75 Å². The average molecular weight is 339 g/mol. The van der Waals surface area contributed by atoms with Gasteiger partial charge in [0.15, 0.2) is 0 Å². The van der Waals surface area contributed by atoms with Gasteiger partial charge in [0.25, 0.3) is 0 Å². The first-order valence-corrected chi connectivity index (χ1v) is 8.62. The maximum Gasteiger partial charge on any atom is 0.410 e. The van der Waals surface area contributed by atoms with E-state index in [0.717, 1.165) is 17.6 Å². The molecule has 4 heteroatoms. The third kappa shape index (κ3) is 3.78. The lowest BCUT2D eigenvalue weighted by atomic mass is 9.94. The summed E-state index contributed by atoms with van der Waals surface area (Å²) in [6, 6.07) is 12.4. The molecule has 1 amide bonds. The number of fused-ring (bicyclic) bond motifs is 1. The van der Waals surface area contributed by atoms with Crippen LogP contribution in [0.3, 0.4) is 0 Å². The Hall–Kier alpha value is -2.49. The third-order valence-electron chi connectivity index (χ3n) is 4.31. The van der Waals surface area contributed by atoms with Gasteiger partial charge in [-0.25, -0.2) is 4.79 Å². The van der Waals surface area contributed by atoms with E-state index in [1.165, 1.54) is 16.5 Å². The highest BCUT2D eigenvalue weighted by atomic mass is 16.6. The molecule has 0 bridgehead atoms. The zero-order valence-electron chi connectivity index (χ0n) is 15.3. The van der Waals surface area contributed by atoms with Crippen molar-refractivity contribution >= 4 is 22.4 Å². The maximum atomic E-state index is 12.2. The number of rotatable bonds is 2. The molecule has 1 heterocycles. The molecule has 2 aromatic rings. The number of benzene rings is 2. The zero-order chi connectivity index (χ0) is 18.0. The normalized spacial score (nSPS) is 15.0. The maximum absolute atomic E-state index is 12.2. The van der Waals surface area contributed by atoms with Gasteiger partial charge in [0, 0.05) is 18.5 Å². The van der Waals surface area contributed by atoms with Crippen molar-refractivity contribution in [2.75, 3.05) is 20.2 Å². The van der Waals surface area contributed by atoms with Gasteiger partial charge in [-0.2, -0.15) is 0 Å². The third-order valence-corrected chi connectivity index (χ3v) is 4.31. The van der Waals surface area contributed by atoms with Crippen LogP contribution in [-0.2, 0) is 4.74 Å². The fraction of sp³-hybridized carbons (Fsp3) is 0.381. The predicted octanol–water partition coefficient (Wildman–Crippen LogP) is 4.87. The Morgan fingerprint density at radius 2 is 1.80 bits per heavy atom. The molecule has 1 aliphatic heterocycles. The van der Waals surface area contributed by atoms with Gasteiger partial charge in [0.2, 0.25) is 0 Å². The first-order chi connectivity index (χ1) is 11.9. The summed E-state index contributed by atoms with van der Waals surface area (Å²) in [6.07, 6.45) is 2.69. The molecule has 25 heavy (non-hydrogen) atoms. The van der Waals surface area contributed by atoms with Crippen molar-refractivity contribution in [3.63, 3.8) is 0 Å². The molecular formula is C21H25NO3.